The summed E-state index contributed by atoms with van der Waals surface area (Å²) in [6.07, 6.45) is 3.27. The van der Waals surface area contributed by atoms with Gasteiger partial charge in [0.1, 0.15) is 0 Å². The molecular weight excluding hydrogens is 178 g/mol. The fraction of sp³-hybridized carbons (Fsp3) is 0.273. The van der Waals surface area contributed by atoms with E-state index in [0.29, 0.717) is 12.0 Å². The lowest BCUT2D eigenvalue weighted by atomic mass is 10.0. The maximum atomic E-state index is 9.51. The Morgan fingerprint density at radius 3 is 2.79 bits per heavy atom. The van der Waals surface area contributed by atoms with E-state index in [9.17, 15) is 10.2 Å². The zero-order valence-electron chi connectivity index (χ0n) is 7.98. The second kappa shape index (κ2) is 4.67. The van der Waals surface area contributed by atoms with Crippen LogP contribution >= 0.6 is 0 Å². The Labute approximate surface area is 83.5 Å². The molecule has 0 radical (unpaired) electrons. The van der Waals surface area contributed by atoms with Crippen LogP contribution in [0.15, 0.2) is 30.9 Å². The molecule has 0 aliphatic heterocycles. The van der Waals surface area contributed by atoms with Crippen LogP contribution < -0.4 is 5.73 Å². The molecule has 3 heteroatoms. The molecule has 14 heavy (non-hydrogen) atoms. The molecule has 1 rings (SSSR count). The van der Waals surface area contributed by atoms with Crippen LogP contribution in [0, 0.1) is 0 Å². The molecule has 0 bridgehead atoms. The number of phenolic OH excluding ortho intramolecular Hbond substituents is 2. The number of phenols is 2. The van der Waals surface area contributed by atoms with Crippen molar-refractivity contribution in [2.45, 2.75) is 18.9 Å². The molecule has 1 aromatic rings. The molecule has 0 unspecified atom stereocenters. The first kappa shape index (κ1) is 10.6. The molecule has 0 saturated heterocycles. The van der Waals surface area contributed by atoms with Gasteiger partial charge < -0.3 is 15.9 Å². The molecule has 76 valence electrons. The van der Waals surface area contributed by atoms with Crippen molar-refractivity contribution in [1.82, 2.24) is 0 Å². The van der Waals surface area contributed by atoms with E-state index < -0.39 is 0 Å². The maximum absolute atomic E-state index is 9.51. The maximum Gasteiger partial charge on any atom is 0.162 e. The van der Waals surface area contributed by atoms with E-state index in [4.69, 9.17) is 5.73 Å². The van der Waals surface area contributed by atoms with Crippen molar-refractivity contribution in [2.75, 3.05) is 0 Å². The molecule has 1 aromatic carbocycles. The fourth-order valence-corrected chi connectivity index (χ4v) is 1.30. The summed E-state index contributed by atoms with van der Waals surface area (Å²) in [4.78, 5) is 0. The predicted molar refractivity (Wildman–Crippen MR) is 56.1 cm³/mol. The van der Waals surface area contributed by atoms with Gasteiger partial charge in [-0.3, -0.25) is 0 Å². The molecule has 0 spiro atoms. The third-order valence-electron chi connectivity index (χ3n) is 2.13. The summed E-state index contributed by atoms with van der Waals surface area (Å²) in [6, 6.07) is 4.54. The highest BCUT2D eigenvalue weighted by Gasteiger charge is 2.12. The summed E-state index contributed by atoms with van der Waals surface area (Å²) in [6.45, 7) is 3.60. The van der Waals surface area contributed by atoms with Crippen molar-refractivity contribution >= 4 is 0 Å². The highest BCUT2D eigenvalue weighted by molar-refractivity contribution is 5.45. The molecule has 3 nitrogen and oxygen atoms in total. The minimum atomic E-state index is -0.264. The second-order valence-electron chi connectivity index (χ2n) is 3.19. The Bertz CT molecular complexity index is 323. The lowest BCUT2D eigenvalue weighted by Gasteiger charge is -2.12. The van der Waals surface area contributed by atoms with Crippen molar-refractivity contribution in [1.29, 1.82) is 0 Å². The van der Waals surface area contributed by atoms with Gasteiger partial charge in [0, 0.05) is 11.6 Å². The van der Waals surface area contributed by atoms with E-state index in [1.807, 2.05) is 0 Å². The largest absolute Gasteiger partial charge is 0.504 e. The number of nitrogens with two attached hydrogens (primary N) is 1. The number of hydrogen-bond acceptors (Lipinski definition) is 3. The average molecular weight is 193 g/mol. The average Bonchev–Trinajstić information content (AvgIpc) is 2.18. The van der Waals surface area contributed by atoms with Crippen molar-refractivity contribution in [3.63, 3.8) is 0 Å². The van der Waals surface area contributed by atoms with E-state index in [0.717, 1.165) is 6.42 Å². The number of rotatable bonds is 4. The van der Waals surface area contributed by atoms with E-state index in [1.165, 1.54) is 6.07 Å². The van der Waals surface area contributed by atoms with E-state index in [1.54, 1.807) is 18.2 Å². The smallest absolute Gasteiger partial charge is 0.162 e. The first-order chi connectivity index (χ1) is 6.66. The standard InChI is InChI=1S/C11H15NO2/c1-2-3-6-9(12)8-5-4-7-10(13)11(8)14/h2,4-5,7,9,13-14H,1,3,6,12H2/t9-/m1/s1. The van der Waals surface area contributed by atoms with E-state index >= 15 is 0 Å². The normalized spacial score (nSPS) is 12.4. The number of benzene rings is 1. The Hall–Kier alpha value is -1.48. The van der Waals surface area contributed by atoms with Gasteiger partial charge >= 0.3 is 0 Å². The minimum Gasteiger partial charge on any atom is -0.504 e. The molecule has 0 aromatic heterocycles. The van der Waals surface area contributed by atoms with Crippen LogP contribution in [-0.4, -0.2) is 10.2 Å². The highest BCUT2D eigenvalue weighted by atomic mass is 16.3. The Kier molecular flexibility index (Phi) is 3.54. The van der Waals surface area contributed by atoms with Crippen LogP contribution in [0.2, 0.25) is 0 Å². The van der Waals surface area contributed by atoms with Crippen molar-refractivity contribution in [2.24, 2.45) is 5.73 Å². The van der Waals surface area contributed by atoms with E-state index in [2.05, 4.69) is 6.58 Å². The third kappa shape index (κ3) is 2.26. The van der Waals surface area contributed by atoms with Gasteiger partial charge in [0.2, 0.25) is 0 Å². The van der Waals surface area contributed by atoms with E-state index in [-0.39, 0.29) is 17.5 Å². The molecule has 0 aliphatic rings. The summed E-state index contributed by atoms with van der Waals surface area (Å²) in [5.74, 6) is -0.249. The summed E-state index contributed by atoms with van der Waals surface area (Å²) in [7, 11) is 0. The van der Waals surface area contributed by atoms with Gasteiger partial charge in [0.15, 0.2) is 11.5 Å². The molecule has 4 N–H and O–H groups in total. The lowest BCUT2D eigenvalue weighted by Crippen LogP contribution is -2.09. The molecule has 0 fully saturated rings. The quantitative estimate of drug-likeness (QED) is 0.506. The van der Waals surface area contributed by atoms with Crippen LogP contribution in [0.4, 0.5) is 0 Å². The number of aromatic hydroxyl groups is 2. The summed E-state index contributed by atoms with van der Waals surface area (Å²) >= 11 is 0. The van der Waals surface area contributed by atoms with Crippen LogP contribution in [0.25, 0.3) is 0 Å². The number of hydrogen-bond donors (Lipinski definition) is 3. The molecule has 0 heterocycles. The Morgan fingerprint density at radius 2 is 2.14 bits per heavy atom. The summed E-state index contributed by atoms with van der Waals surface area (Å²) in [5.41, 5.74) is 6.41. The van der Waals surface area contributed by atoms with Crippen molar-refractivity contribution in [3.8, 4) is 11.5 Å². The van der Waals surface area contributed by atoms with Crippen LogP contribution in [0.1, 0.15) is 24.4 Å². The number of allylic oxidation sites excluding steroid dienone is 1. The molecule has 0 amide bonds. The Morgan fingerprint density at radius 1 is 1.43 bits per heavy atom. The first-order valence-electron chi connectivity index (χ1n) is 4.54. The van der Waals surface area contributed by atoms with Gasteiger partial charge in [-0.1, -0.05) is 18.2 Å². The van der Waals surface area contributed by atoms with Crippen LogP contribution in [-0.2, 0) is 0 Å². The SMILES string of the molecule is C=CCC[C@@H](N)c1cccc(O)c1O. The van der Waals surface area contributed by atoms with Crippen molar-refractivity contribution < 1.29 is 10.2 Å². The predicted octanol–water partition coefficient (Wildman–Crippen LogP) is 2.06. The van der Waals surface area contributed by atoms with Gasteiger partial charge in [-0.15, -0.1) is 6.58 Å². The zero-order valence-corrected chi connectivity index (χ0v) is 7.98. The monoisotopic (exact) mass is 193 g/mol. The lowest BCUT2D eigenvalue weighted by molar-refractivity contribution is 0.395. The fourth-order valence-electron chi connectivity index (χ4n) is 1.30. The van der Waals surface area contributed by atoms with Gasteiger partial charge in [-0.2, -0.15) is 0 Å². The third-order valence-corrected chi connectivity index (χ3v) is 2.13. The van der Waals surface area contributed by atoms with Gasteiger partial charge in [-0.05, 0) is 18.9 Å². The topological polar surface area (TPSA) is 66.5 Å². The van der Waals surface area contributed by atoms with Gasteiger partial charge in [0.25, 0.3) is 0 Å². The van der Waals surface area contributed by atoms with Crippen molar-refractivity contribution in [3.05, 3.63) is 36.4 Å². The summed E-state index contributed by atoms with van der Waals surface area (Å²) < 4.78 is 0. The first-order valence-corrected chi connectivity index (χ1v) is 4.54. The number of para-hydroxylation sites is 1. The second-order valence-corrected chi connectivity index (χ2v) is 3.19. The van der Waals surface area contributed by atoms with Gasteiger partial charge in [0.05, 0.1) is 0 Å². The van der Waals surface area contributed by atoms with Crippen LogP contribution in [0.3, 0.4) is 0 Å². The molecule has 0 saturated carbocycles. The van der Waals surface area contributed by atoms with Crippen LogP contribution in [0.5, 0.6) is 11.5 Å². The minimum absolute atomic E-state index is 0.121. The Balaban J connectivity index is 2.83. The molecule has 0 aliphatic carbocycles. The van der Waals surface area contributed by atoms with Gasteiger partial charge in [-0.25, -0.2) is 0 Å². The molecular formula is C11H15NO2. The zero-order chi connectivity index (χ0) is 10.6. The highest BCUT2D eigenvalue weighted by Crippen LogP contribution is 2.33. The summed E-state index contributed by atoms with van der Waals surface area (Å²) in [5, 5.41) is 18.8. The molecule has 1 atom stereocenters.